The van der Waals surface area contributed by atoms with Gasteiger partial charge in [-0.1, -0.05) is 6.08 Å². The molecule has 0 aliphatic heterocycles. The third kappa shape index (κ3) is 3.92. The van der Waals surface area contributed by atoms with Crippen molar-refractivity contribution in [3.8, 4) is 0 Å². The number of esters is 1. The van der Waals surface area contributed by atoms with E-state index in [1.54, 1.807) is 13.0 Å². The molecule has 0 spiro atoms. The van der Waals surface area contributed by atoms with Gasteiger partial charge in [-0.05, 0) is 33.1 Å². The summed E-state index contributed by atoms with van der Waals surface area (Å²) in [4.78, 5) is 11.5. The zero-order valence-corrected chi connectivity index (χ0v) is 9.08. The maximum absolute atomic E-state index is 11.5. The Bertz CT molecular complexity index is 189. The lowest BCUT2D eigenvalue weighted by Gasteiger charge is -2.22. The van der Waals surface area contributed by atoms with Crippen LogP contribution in [-0.2, 0) is 9.53 Å². The van der Waals surface area contributed by atoms with E-state index in [0.29, 0.717) is 19.4 Å². The molecule has 0 aliphatic carbocycles. The molecule has 0 saturated heterocycles. The van der Waals surface area contributed by atoms with Gasteiger partial charge < -0.3 is 9.84 Å². The van der Waals surface area contributed by atoms with E-state index in [4.69, 9.17) is 9.84 Å². The standard InChI is InChI=1S/C11H20O3/c1-4-11(3,8-6-7-9-12)10(13)14-5-2/h4,12H,1,5-9H2,2-3H3. The van der Waals surface area contributed by atoms with Crippen molar-refractivity contribution in [2.75, 3.05) is 13.2 Å². The highest BCUT2D eigenvalue weighted by atomic mass is 16.5. The number of rotatable bonds is 7. The van der Waals surface area contributed by atoms with Crippen molar-refractivity contribution < 1.29 is 14.6 Å². The first kappa shape index (κ1) is 13.2. The first-order valence-electron chi connectivity index (χ1n) is 5.02. The average molecular weight is 200 g/mol. The Morgan fingerprint density at radius 3 is 2.64 bits per heavy atom. The largest absolute Gasteiger partial charge is 0.465 e. The van der Waals surface area contributed by atoms with E-state index in [0.717, 1.165) is 6.42 Å². The molecule has 0 aromatic carbocycles. The van der Waals surface area contributed by atoms with Crippen LogP contribution in [0.5, 0.6) is 0 Å². The minimum atomic E-state index is -0.606. The van der Waals surface area contributed by atoms with Crippen LogP contribution in [-0.4, -0.2) is 24.3 Å². The van der Waals surface area contributed by atoms with Crippen molar-refractivity contribution in [3.63, 3.8) is 0 Å². The molecule has 0 aliphatic rings. The number of aliphatic hydroxyl groups excluding tert-OH is 1. The molecule has 0 bridgehead atoms. The number of carbonyl (C=O) groups excluding carboxylic acids is 1. The minimum absolute atomic E-state index is 0.163. The summed E-state index contributed by atoms with van der Waals surface area (Å²) in [5, 5.41) is 8.64. The van der Waals surface area contributed by atoms with Gasteiger partial charge >= 0.3 is 5.97 Å². The molecule has 0 fully saturated rings. The topological polar surface area (TPSA) is 46.5 Å². The lowest BCUT2D eigenvalue weighted by atomic mass is 9.85. The fourth-order valence-corrected chi connectivity index (χ4v) is 1.19. The Kier molecular flexibility index (Phi) is 6.21. The zero-order valence-electron chi connectivity index (χ0n) is 9.08. The second-order valence-electron chi connectivity index (χ2n) is 3.52. The molecule has 0 rings (SSSR count). The number of hydrogen-bond donors (Lipinski definition) is 1. The van der Waals surface area contributed by atoms with Crippen molar-refractivity contribution in [3.05, 3.63) is 12.7 Å². The average Bonchev–Trinajstić information content (AvgIpc) is 2.18. The maximum atomic E-state index is 11.5. The monoisotopic (exact) mass is 200 g/mol. The molecule has 1 atom stereocenters. The first-order valence-corrected chi connectivity index (χ1v) is 5.02. The van der Waals surface area contributed by atoms with Crippen molar-refractivity contribution in [1.29, 1.82) is 0 Å². The van der Waals surface area contributed by atoms with Crippen LogP contribution >= 0.6 is 0 Å². The predicted molar refractivity (Wildman–Crippen MR) is 55.9 cm³/mol. The second kappa shape index (κ2) is 6.60. The summed E-state index contributed by atoms with van der Waals surface area (Å²) in [6.07, 6.45) is 3.82. The Morgan fingerprint density at radius 1 is 1.57 bits per heavy atom. The fourth-order valence-electron chi connectivity index (χ4n) is 1.19. The Labute approximate surface area is 85.8 Å². The molecule has 82 valence electrons. The Hall–Kier alpha value is -0.830. The van der Waals surface area contributed by atoms with Gasteiger partial charge in [0.1, 0.15) is 0 Å². The van der Waals surface area contributed by atoms with Crippen LogP contribution in [0, 0.1) is 5.41 Å². The van der Waals surface area contributed by atoms with Crippen LogP contribution in [0.15, 0.2) is 12.7 Å². The van der Waals surface area contributed by atoms with Crippen LogP contribution in [0.2, 0.25) is 0 Å². The van der Waals surface area contributed by atoms with Crippen molar-refractivity contribution in [1.82, 2.24) is 0 Å². The summed E-state index contributed by atoms with van der Waals surface area (Å²) < 4.78 is 4.96. The van der Waals surface area contributed by atoms with Crippen LogP contribution < -0.4 is 0 Å². The maximum Gasteiger partial charge on any atom is 0.315 e. The lowest BCUT2D eigenvalue weighted by Crippen LogP contribution is -2.27. The van der Waals surface area contributed by atoms with Crippen LogP contribution in [0.1, 0.15) is 33.1 Å². The molecule has 1 unspecified atom stereocenters. The van der Waals surface area contributed by atoms with Crippen molar-refractivity contribution in [2.24, 2.45) is 5.41 Å². The number of carbonyl (C=O) groups is 1. The zero-order chi connectivity index (χ0) is 11.0. The van der Waals surface area contributed by atoms with Gasteiger partial charge in [-0.25, -0.2) is 0 Å². The molecule has 0 heterocycles. The van der Waals surface area contributed by atoms with Gasteiger partial charge in [0.15, 0.2) is 0 Å². The van der Waals surface area contributed by atoms with Gasteiger partial charge in [0.25, 0.3) is 0 Å². The molecule has 3 heteroatoms. The molecule has 0 aromatic heterocycles. The van der Waals surface area contributed by atoms with Gasteiger partial charge in [-0.15, -0.1) is 6.58 Å². The number of hydrogen-bond acceptors (Lipinski definition) is 3. The highest BCUT2D eigenvalue weighted by Gasteiger charge is 2.30. The number of unbranched alkanes of at least 4 members (excludes halogenated alkanes) is 1. The molecule has 0 aromatic rings. The van der Waals surface area contributed by atoms with Gasteiger partial charge in [0.05, 0.1) is 12.0 Å². The molecule has 0 amide bonds. The quantitative estimate of drug-likeness (QED) is 0.388. The van der Waals surface area contributed by atoms with E-state index in [1.807, 2.05) is 6.92 Å². The molecule has 0 saturated carbocycles. The smallest absolute Gasteiger partial charge is 0.315 e. The fraction of sp³-hybridized carbons (Fsp3) is 0.727. The van der Waals surface area contributed by atoms with Gasteiger partial charge in [0.2, 0.25) is 0 Å². The third-order valence-corrected chi connectivity index (χ3v) is 2.30. The van der Waals surface area contributed by atoms with Gasteiger partial charge in [-0.3, -0.25) is 4.79 Å². The van der Waals surface area contributed by atoms with E-state index in [-0.39, 0.29) is 12.6 Å². The van der Waals surface area contributed by atoms with E-state index < -0.39 is 5.41 Å². The Balaban J connectivity index is 4.16. The molecule has 14 heavy (non-hydrogen) atoms. The van der Waals surface area contributed by atoms with Crippen LogP contribution in [0.25, 0.3) is 0 Å². The summed E-state index contributed by atoms with van der Waals surface area (Å²) in [5.41, 5.74) is -0.606. The normalized spacial score (nSPS) is 14.5. The second-order valence-corrected chi connectivity index (χ2v) is 3.52. The summed E-state index contributed by atoms with van der Waals surface area (Å²) in [7, 11) is 0. The summed E-state index contributed by atoms with van der Waals surface area (Å²) in [6, 6.07) is 0. The van der Waals surface area contributed by atoms with E-state index in [1.165, 1.54) is 0 Å². The molecule has 3 nitrogen and oxygen atoms in total. The number of ether oxygens (including phenoxy) is 1. The Morgan fingerprint density at radius 2 is 2.21 bits per heavy atom. The van der Waals surface area contributed by atoms with Crippen LogP contribution in [0.4, 0.5) is 0 Å². The van der Waals surface area contributed by atoms with Gasteiger partial charge in [0, 0.05) is 6.61 Å². The highest BCUT2D eigenvalue weighted by molar-refractivity contribution is 5.78. The third-order valence-electron chi connectivity index (χ3n) is 2.30. The summed E-state index contributed by atoms with van der Waals surface area (Å²) in [5.74, 6) is -0.229. The summed E-state index contributed by atoms with van der Waals surface area (Å²) in [6.45, 7) is 7.81. The minimum Gasteiger partial charge on any atom is -0.465 e. The molecule has 0 radical (unpaired) electrons. The number of aliphatic hydroxyl groups is 1. The molecule has 1 N–H and O–H groups in total. The lowest BCUT2D eigenvalue weighted by molar-refractivity contribution is -0.152. The molecular weight excluding hydrogens is 180 g/mol. The van der Waals surface area contributed by atoms with E-state index in [9.17, 15) is 4.79 Å². The first-order chi connectivity index (χ1) is 6.60. The SMILES string of the molecule is C=CC(C)(CCCCO)C(=O)OCC. The van der Waals surface area contributed by atoms with Crippen LogP contribution in [0.3, 0.4) is 0 Å². The van der Waals surface area contributed by atoms with E-state index >= 15 is 0 Å². The molecular formula is C11H20O3. The highest BCUT2D eigenvalue weighted by Crippen LogP contribution is 2.27. The predicted octanol–water partition coefficient (Wildman–Crippen LogP) is 1.90. The van der Waals surface area contributed by atoms with Crippen molar-refractivity contribution >= 4 is 5.97 Å². The van der Waals surface area contributed by atoms with Crippen molar-refractivity contribution in [2.45, 2.75) is 33.1 Å². The van der Waals surface area contributed by atoms with Gasteiger partial charge in [-0.2, -0.15) is 0 Å². The van der Waals surface area contributed by atoms with E-state index in [2.05, 4.69) is 6.58 Å². The summed E-state index contributed by atoms with van der Waals surface area (Å²) >= 11 is 0.